The summed E-state index contributed by atoms with van der Waals surface area (Å²) in [5, 5.41) is 13.3. The molecule has 0 bridgehead atoms. The lowest BCUT2D eigenvalue weighted by molar-refractivity contribution is -0.117. The fraction of sp³-hybridized carbons (Fsp3) is 0.522. The van der Waals surface area contributed by atoms with Crippen LogP contribution in [0.15, 0.2) is 22.7 Å². The second-order valence-corrected chi connectivity index (χ2v) is 9.49. The van der Waals surface area contributed by atoms with Crippen molar-refractivity contribution >= 4 is 34.3 Å². The molecule has 2 aliphatic rings. The summed E-state index contributed by atoms with van der Waals surface area (Å²) < 4.78 is 10.8. The van der Waals surface area contributed by atoms with E-state index in [1.165, 1.54) is 11.8 Å². The third kappa shape index (κ3) is 5.10. The molecule has 8 nitrogen and oxygen atoms in total. The average Bonchev–Trinajstić information content (AvgIpc) is 3.13. The summed E-state index contributed by atoms with van der Waals surface area (Å²) in [5.41, 5.74) is 4.21. The minimum Gasteiger partial charge on any atom is -0.381 e. The zero-order valence-corrected chi connectivity index (χ0v) is 19.5. The van der Waals surface area contributed by atoms with E-state index in [-0.39, 0.29) is 11.1 Å². The number of carbonyl (C=O) groups is 2. The highest BCUT2D eigenvalue weighted by Crippen LogP contribution is 2.34. The number of rotatable bonds is 6. The van der Waals surface area contributed by atoms with Crippen molar-refractivity contribution in [3.63, 3.8) is 0 Å². The number of hydrogen-bond donors (Lipinski definition) is 3. The maximum Gasteiger partial charge on any atom is 0.279 e. The number of aryl methyl sites for hydroxylation is 2. The molecular formula is C23H30N4O4S. The van der Waals surface area contributed by atoms with E-state index in [2.05, 4.69) is 21.1 Å². The number of methoxy groups -OCH3 is 1. The highest BCUT2D eigenvalue weighted by Gasteiger charge is 2.27. The van der Waals surface area contributed by atoms with Crippen LogP contribution in [0.4, 0.5) is 16.2 Å². The number of benzene rings is 1. The van der Waals surface area contributed by atoms with Gasteiger partial charge < -0.3 is 25.2 Å². The van der Waals surface area contributed by atoms with E-state index in [9.17, 15) is 9.59 Å². The molecule has 2 fully saturated rings. The van der Waals surface area contributed by atoms with Crippen molar-refractivity contribution in [1.29, 1.82) is 0 Å². The molecule has 1 atom stereocenters. The van der Waals surface area contributed by atoms with Gasteiger partial charge in [-0.3, -0.25) is 9.59 Å². The molecule has 1 saturated heterocycles. The quantitative estimate of drug-likeness (QED) is 0.586. The van der Waals surface area contributed by atoms with Gasteiger partial charge in [-0.2, -0.15) is 0 Å². The third-order valence-electron chi connectivity index (χ3n) is 6.21. The van der Waals surface area contributed by atoms with Gasteiger partial charge >= 0.3 is 0 Å². The standard InChI is InChI=1S/C23H30N4O4S/c1-13-21(14(2)31-27-13)15-4-9-18(24-16-5-7-17(30-3)8-6-16)20(12-15)25-22(28)19-10-11-32-23(29)26-19/h4,9,12,16-17,19,24H,5-8,10-11H2,1-3H3,(H,25,28)(H,26,29)/t16?,17?,19-/m0/s1. The molecule has 0 spiro atoms. The number of carbonyl (C=O) groups excluding carboxylic acids is 2. The van der Waals surface area contributed by atoms with Gasteiger partial charge in [0.15, 0.2) is 0 Å². The van der Waals surface area contributed by atoms with Gasteiger partial charge in [-0.1, -0.05) is 23.0 Å². The van der Waals surface area contributed by atoms with Crippen LogP contribution in [-0.2, 0) is 9.53 Å². The maximum atomic E-state index is 13.0. The van der Waals surface area contributed by atoms with E-state index >= 15 is 0 Å². The Hall–Kier alpha value is -2.52. The van der Waals surface area contributed by atoms with Crippen LogP contribution in [0.25, 0.3) is 11.1 Å². The van der Waals surface area contributed by atoms with E-state index in [4.69, 9.17) is 9.26 Å². The second-order valence-electron chi connectivity index (χ2n) is 8.42. The first kappa shape index (κ1) is 22.7. The first-order valence-corrected chi connectivity index (χ1v) is 12.0. The van der Waals surface area contributed by atoms with E-state index in [1.54, 1.807) is 7.11 Å². The number of amides is 2. The molecule has 172 valence electrons. The van der Waals surface area contributed by atoms with E-state index < -0.39 is 6.04 Å². The molecule has 1 saturated carbocycles. The molecule has 2 aromatic rings. The van der Waals surface area contributed by atoms with Gasteiger partial charge in [0.1, 0.15) is 11.8 Å². The molecule has 0 unspecified atom stereocenters. The third-order valence-corrected chi connectivity index (χ3v) is 7.03. The van der Waals surface area contributed by atoms with E-state index in [0.717, 1.165) is 54.0 Å². The van der Waals surface area contributed by atoms with Crippen LogP contribution in [-0.4, -0.2) is 47.4 Å². The monoisotopic (exact) mass is 458 g/mol. The normalized spacial score (nSPS) is 23.5. The van der Waals surface area contributed by atoms with E-state index in [1.807, 2.05) is 32.0 Å². The van der Waals surface area contributed by atoms with Crippen molar-refractivity contribution in [2.75, 3.05) is 23.5 Å². The Morgan fingerprint density at radius 3 is 2.62 bits per heavy atom. The van der Waals surface area contributed by atoms with Crippen molar-refractivity contribution in [2.45, 2.75) is 64.1 Å². The summed E-state index contributed by atoms with van der Waals surface area (Å²) in [7, 11) is 1.77. The molecule has 32 heavy (non-hydrogen) atoms. The van der Waals surface area contributed by atoms with Crippen molar-refractivity contribution in [2.24, 2.45) is 0 Å². The Morgan fingerprint density at radius 1 is 1.19 bits per heavy atom. The van der Waals surface area contributed by atoms with Crippen molar-refractivity contribution in [1.82, 2.24) is 10.5 Å². The first-order chi connectivity index (χ1) is 15.4. The topological polar surface area (TPSA) is 105 Å². The van der Waals surface area contributed by atoms with Gasteiger partial charge in [-0.05, 0) is 63.6 Å². The molecule has 1 aliphatic carbocycles. The Kier molecular flexibility index (Phi) is 7.05. The van der Waals surface area contributed by atoms with Gasteiger partial charge in [0.05, 0.1) is 23.2 Å². The Balaban J connectivity index is 1.58. The second kappa shape index (κ2) is 9.95. The largest absolute Gasteiger partial charge is 0.381 e. The summed E-state index contributed by atoms with van der Waals surface area (Å²) in [4.78, 5) is 24.7. The summed E-state index contributed by atoms with van der Waals surface area (Å²) in [6, 6.07) is 5.75. The van der Waals surface area contributed by atoms with Gasteiger partial charge in [0, 0.05) is 24.5 Å². The molecule has 1 aromatic carbocycles. The Labute approximate surface area is 192 Å². The molecular weight excluding hydrogens is 428 g/mol. The van der Waals surface area contributed by atoms with Crippen LogP contribution in [0.2, 0.25) is 0 Å². The molecule has 0 radical (unpaired) electrons. The Morgan fingerprint density at radius 2 is 1.97 bits per heavy atom. The predicted octanol–water partition coefficient (Wildman–Crippen LogP) is 4.48. The number of nitrogens with zero attached hydrogens (tertiary/aromatic N) is 1. The molecule has 3 N–H and O–H groups in total. The molecule has 9 heteroatoms. The molecule has 1 aromatic heterocycles. The van der Waals surface area contributed by atoms with Gasteiger partial charge in [-0.25, -0.2) is 0 Å². The highest BCUT2D eigenvalue weighted by atomic mass is 32.2. The van der Waals surface area contributed by atoms with Crippen LogP contribution in [0.3, 0.4) is 0 Å². The van der Waals surface area contributed by atoms with Crippen molar-refractivity contribution in [3.05, 3.63) is 29.7 Å². The molecule has 1 aliphatic heterocycles. The smallest absolute Gasteiger partial charge is 0.279 e. The summed E-state index contributed by atoms with van der Waals surface area (Å²) in [5.74, 6) is 1.16. The molecule has 4 rings (SSSR count). The maximum absolute atomic E-state index is 13.0. The fourth-order valence-electron chi connectivity index (χ4n) is 4.43. The lowest BCUT2D eigenvalue weighted by Gasteiger charge is -2.30. The number of nitrogens with one attached hydrogen (secondary N) is 3. The first-order valence-electron chi connectivity index (χ1n) is 11.1. The Bertz CT molecular complexity index is 965. The van der Waals surface area contributed by atoms with Crippen LogP contribution < -0.4 is 16.0 Å². The number of aromatic nitrogens is 1. The summed E-state index contributed by atoms with van der Waals surface area (Å²) in [6.07, 6.45) is 4.97. The lowest BCUT2D eigenvalue weighted by Crippen LogP contribution is -2.45. The minimum atomic E-state index is -0.531. The SMILES string of the molecule is COC1CCC(Nc2ccc(-c3c(C)noc3C)cc2NC(=O)[C@@H]2CCSC(=O)N2)CC1. The van der Waals surface area contributed by atoms with Crippen LogP contribution in [0, 0.1) is 13.8 Å². The van der Waals surface area contributed by atoms with Gasteiger partial charge in [0.25, 0.3) is 5.24 Å². The summed E-state index contributed by atoms with van der Waals surface area (Å²) in [6.45, 7) is 3.78. The highest BCUT2D eigenvalue weighted by molar-refractivity contribution is 8.13. The number of anilines is 2. The zero-order valence-electron chi connectivity index (χ0n) is 18.7. The predicted molar refractivity (Wildman–Crippen MR) is 126 cm³/mol. The van der Waals surface area contributed by atoms with Gasteiger partial charge in [0.2, 0.25) is 5.91 Å². The number of hydrogen-bond acceptors (Lipinski definition) is 7. The molecule has 2 amide bonds. The van der Waals surface area contributed by atoms with Crippen LogP contribution in [0.5, 0.6) is 0 Å². The average molecular weight is 459 g/mol. The molecule has 2 heterocycles. The van der Waals surface area contributed by atoms with Crippen LogP contribution in [0.1, 0.15) is 43.6 Å². The number of ether oxygens (including phenoxy) is 1. The zero-order chi connectivity index (χ0) is 22.7. The van der Waals surface area contributed by atoms with Crippen LogP contribution >= 0.6 is 11.8 Å². The van der Waals surface area contributed by atoms with E-state index in [0.29, 0.717) is 30.0 Å². The minimum absolute atomic E-state index is 0.158. The summed E-state index contributed by atoms with van der Waals surface area (Å²) >= 11 is 1.21. The number of thioether (sulfide) groups is 1. The van der Waals surface area contributed by atoms with Crippen molar-refractivity contribution in [3.8, 4) is 11.1 Å². The van der Waals surface area contributed by atoms with Gasteiger partial charge in [-0.15, -0.1) is 0 Å². The lowest BCUT2D eigenvalue weighted by atomic mass is 9.92. The van der Waals surface area contributed by atoms with Crippen molar-refractivity contribution < 1.29 is 18.8 Å². The fourth-order valence-corrected chi connectivity index (χ4v) is 5.19.